The van der Waals surface area contributed by atoms with Gasteiger partial charge in [-0.3, -0.25) is 4.90 Å². The second kappa shape index (κ2) is 6.04. The van der Waals surface area contributed by atoms with Crippen molar-refractivity contribution in [3.05, 3.63) is 28.2 Å². The number of anilines is 1. The van der Waals surface area contributed by atoms with Crippen molar-refractivity contribution < 1.29 is 0 Å². The Morgan fingerprint density at radius 3 is 2.83 bits per heavy atom. The van der Waals surface area contributed by atoms with E-state index in [1.165, 1.54) is 18.5 Å². The van der Waals surface area contributed by atoms with Gasteiger partial charge in [-0.15, -0.1) is 0 Å². The van der Waals surface area contributed by atoms with E-state index in [-0.39, 0.29) is 0 Å². The highest BCUT2D eigenvalue weighted by molar-refractivity contribution is 9.10. The Labute approximate surface area is 118 Å². The van der Waals surface area contributed by atoms with Gasteiger partial charge in [0.05, 0.1) is 0 Å². The van der Waals surface area contributed by atoms with E-state index < -0.39 is 0 Å². The summed E-state index contributed by atoms with van der Waals surface area (Å²) in [5.41, 5.74) is 8.02. The molecule has 0 amide bonds. The summed E-state index contributed by atoms with van der Waals surface area (Å²) in [6.45, 7) is 6.80. The molecule has 1 fully saturated rings. The third-order valence-corrected chi connectivity index (χ3v) is 4.01. The molecule has 1 unspecified atom stereocenters. The van der Waals surface area contributed by atoms with Crippen LogP contribution in [-0.4, -0.2) is 42.5 Å². The maximum Gasteiger partial charge on any atom is 0.0328 e. The Balaban J connectivity index is 2.07. The number of hydrogen-bond acceptors (Lipinski definition) is 3. The third-order valence-electron chi connectivity index (χ3n) is 3.55. The lowest BCUT2D eigenvalue weighted by Gasteiger charge is -2.28. The van der Waals surface area contributed by atoms with Crippen LogP contribution in [0.3, 0.4) is 0 Å². The molecule has 2 N–H and O–H groups in total. The quantitative estimate of drug-likeness (QED) is 0.852. The van der Waals surface area contributed by atoms with E-state index >= 15 is 0 Å². The molecule has 4 heteroatoms. The van der Waals surface area contributed by atoms with E-state index in [9.17, 15) is 0 Å². The molecule has 18 heavy (non-hydrogen) atoms. The van der Waals surface area contributed by atoms with Gasteiger partial charge in [0.25, 0.3) is 0 Å². The van der Waals surface area contributed by atoms with Crippen LogP contribution in [0.1, 0.15) is 18.9 Å². The van der Waals surface area contributed by atoms with Crippen molar-refractivity contribution >= 4 is 21.6 Å². The van der Waals surface area contributed by atoms with Gasteiger partial charge in [-0.05, 0) is 50.7 Å². The van der Waals surface area contributed by atoms with Crippen molar-refractivity contribution in [2.75, 3.05) is 32.4 Å². The Kier molecular flexibility index (Phi) is 4.65. The fraction of sp³-hybridized carbons (Fsp3) is 0.571. The Morgan fingerprint density at radius 1 is 1.33 bits per heavy atom. The predicted octanol–water partition coefficient (Wildman–Crippen LogP) is 2.56. The summed E-state index contributed by atoms with van der Waals surface area (Å²) >= 11 is 3.51. The van der Waals surface area contributed by atoms with E-state index in [0.29, 0.717) is 6.04 Å². The van der Waals surface area contributed by atoms with Crippen LogP contribution in [0.4, 0.5) is 5.69 Å². The third kappa shape index (κ3) is 3.70. The summed E-state index contributed by atoms with van der Waals surface area (Å²) in [6.07, 6.45) is 1.24. The smallest absolute Gasteiger partial charge is 0.0328 e. The summed E-state index contributed by atoms with van der Waals surface area (Å²) in [4.78, 5) is 4.96. The van der Waals surface area contributed by atoms with Crippen LogP contribution < -0.4 is 5.73 Å². The maximum atomic E-state index is 5.90. The zero-order chi connectivity index (χ0) is 13.1. The largest absolute Gasteiger partial charge is 0.399 e. The monoisotopic (exact) mass is 311 g/mol. The second-order valence-corrected chi connectivity index (χ2v) is 6.24. The van der Waals surface area contributed by atoms with Crippen LogP contribution in [0.25, 0.3) is 0 Å². The van der Waals surface area contributed by atoms with E-state index in [4.69, 9.17) is 5.73 Å². The van der Waals surface area contributed by atoms with Gasteiger partial charge in [0.1, 0.15) is 0 Å². The molecule has 1 heterocycles. The summed E-state index contributed by atoms with van der Waals surface area (Å²) < 4.78 is 1.07. The van der Waals surface area contributed by atoms with E-state index in [1.807, 2.05) is 6.07 Å². The van der Waals surface area contributed by atoms with E-state index in [2.05, 4.69) is 51.8 Å². The number of nitrogen functional groups attached to an aromatic ring is 1. The van der Waals surface area contributed by atoms with Crippen LogP contribution in [0.15, 0.2) is 22.7 Å². The molecule has 0 aromatic heterocycles. The lowest BCUT2D eigenvalue weighted by atomic mass is 10.1. The summed E-state index contributed by atoms with van der Waals surface area (Å²) in [5.74, 6) is 0. The second-order valence-electron chi connectivity index (χ2n) is 5.33. The minimum absolute atomic E-state index is 0.595. The standard InChI is InChI=1S/C14H22BrN3/c1-11-9-17(2)4-3-5-18(11)10-12-6-13(15)8-14(16)7-12/h6-8,11H,3-5,9-10,16H2,1-2H3. The van der Waals surface area contributed by atoms with Crippen LogP contribution in [0, 0.1) is 0 Å². The fourth-order valence-corrected chi connectivity index (χ4v) is 3.22. The summed E-state index contributed by atoms with van der Waals surface area (Å²) in [7, 11) is 2.21. The number of halogens is 1. The van der Waals surface area contributed by atoms with Gasteiger partial charge in [0, 0.05) is 35.8 Å². The molecule has 100 valence electrons. The van der Waals surface area contributed by atoms with Crippen LogP contribution in [0.5, 0.6) is 0 Å². The fourth-order valence-electron chi connectivity index (χ4n) is 2.66. The Bertz CT molecular complexity index is 388. The molecule has 1 aliphatic heterocycles. The molecule has 0 spiro atoms. The SMILES string of the molecule is CC1CN(C)CCCN1Cc1cc(N)cc(Br)c1. The first kappa shape index (κ1) is 13.8. The zero-order valence-corrected chi connectivity index (χ0v) is 12.8. The van der Waals surface area contributed by atoms with Crippen LogP contribution in [0.2, 0.25) is 0 Å². The highest BCUT2D eigenvalue weighted by Crippen LogP contribution is 2.20. The molecule has 0 bridgehead atoms. The molecular formula is C14H22BrN3. The first-order valence-electron chi connectivity index (χ1n) is 6.52. The number of likely N-dealkylation sites (N-methyl/N-ethyl adjacent to an activating group) is 1. The lowest BCUT2D eigenvalue weighted by molar-refractivity contribution is 0.194. The average Bonchev–Trinajstić information content (AvgIpc) is 2.39. The molecule has 0 aliphatic carbocycles. The Morgan fingerprint density at radius 2 is 2.11 bits per heavy atom. The van der Waals surface area contributed by atoms with Gasteiger partial charge in [0.2, 0.25) is 0 Å². The van der Waals surface area contributed by atoms with E-state index in [0.717, 1.165) is 29.8 Å². The zero-order valence-electron chi connectivity index (χ0n) is 11.2. The van der Waals surface area contributed by atoms with Crippen molar-refractivity contribution in [2.24, 2.45) is 0 Å². The van der Waals surface area contributed by atoms with Crippen LogP contribution in [-0.2, 0) is 6.54 Å². The lowest BCUT2D eigenvalue weighted by Crippen LogP contribution is -2.37. The highest BCUT2D eigenvalue weighted by Gasteiger charge is 2.19. The molecule has 0 radical (unpaired) electrons. The number of rotatable bonds is 2. The molecular weight excluding hydrogens is 290 g/mol. The van der Waals surface area contributed by atoms with Crippen molar-refractivity contribution in [3.63, 3.8) is 0 Å². The number of benzene rings is 1. The molecule has 3 nitrogen and oxygen atoms in total. The van der Waals surface area contributed by atoms with Crippen molar-refractivity contribution in [1.29, 1.82) is 0 Å². The number of nitrogens with two attached hydrogens (primary N) is 1. The van der Waals surface area contributed by atoms with Gasteiger partial charge >= 0.3 is 0 Å². The summed E-state index contributed by atoms with van der Waals surface area (Å²) in [6, 6.07) is 6.78. The van der Waals surface area contributed by atoms with Gasteiger partial charge in [-0.2, -0.15) is 0 Å². The molecule has 2 rings (SSSR count). The Hall–Kier alpha value is -0.580. The first-order valence-corrected chi connectivity index (χ1v) is 7.31. The molecule has 1 aliphatic rings. The maximum absolute atomic E-state index is 5.90. The average molecular weight is 312 g/mol. The van der Waals surface area contributed by atoms with Gasteiger partial charge in [-0.1, -0.05) is 15.9 Å². The number of hydrogen-bond donors (Lipinski definition) is 1. The molecule has 1 atom stereocenters. The molecule has 0 saturated carbocycles. The normalized spacial score (nSPS) is 22.9. The van der Waals surface area contributed by atoms with Crippen molar-refractivity contribution in [3.8, 4) is 0 Å². The predicted molar refractivity (Wildman–Crippen MR) is 80.5 cm³/mol. The topological polar surface area (TPSA) is 32.5 Å². The van der Waals surface area contributed by atoms with Gasteiger partial charge in [0.15, 0.2) is 0 Å². The first-order chi connectivity index (χ1) is 8.54. The minimum Gasteiger partial charge on any atom is -0.399 e. The summed E-state index contributed by atoms with van der Waals surface area (Å²) in [5, 5.41) is 0. The molecule has 1 aromatic rings. The van der Waals surface area contributed by atoms with Crippen molar-refractivity contribution in [1.82, 2.24) is 9.80 Å². The van der Waals surface area contributed by atoms with Gasteiger partial charge in [-0.25, -0.2) is 0 Å². The molecule has 1 aromatic carbocycles. The highest BCUT2D eigenvalue weighted by atomic mass is 79.9. The van der Waals surface area contributed by atoms with Crippen molar-refractivity contribution in [2.45, 2.75) is 25.9 Å². The van der Waals surface area contributed by atoms with Crippen LogP contribution >= 0.6 is 15.9 Å². The van der Waals surface area contributed by atoms with Gasteiger partial charge < -0.3 is 10.6 Å². The minimum atomic E-state index is 0.595. The van der Waals surface area contributed by atoms with E-state index in [1.54, 1.807) is 0 Å². The molecule has 1 saturated heterocycles. The number of nitrogens with zero attached hydrogens (tertiary/aromatic N) is 2.